The Labute approximate surface area is 113 Å². The molecule has 0 saturated carbocycles. The molecule has 0 atom stereocenters. The summed E-state index contributed by atoms with van der Waals surface area (Å²) < 4.78 is 6.51. The lowest BCUT2D eigenvalue weighted by Crippen LogP contribution is -2.04. The summed E-state index contributed by atoms with van der Waals surface area (Å²) >= 11 is 4.98. The van der Waals surface area contributed by atoms with Crippen LogP contribution in [0.15, 0.2) is 20.3 Å². The molecule has 90 valence electrons. The van der Waals surface area contributed by atoms with Gasteiger partial charge in [-0.2, -0.15) is 0 Å². The third-order valence-electron chi connectivity index (χ3n) is 2.80. The average Bonchev–Trinajstić information content (AvgIpc) is 2.73. The van der Waals surface area contributed by atoms with E-state index in [-0.39, 0.29) is 5.78 Å². The molecule has 0 radical (unpaired) electrons. The van der Waals surface area contributed by atoms with Crippen molar-refractivity contribution in [2.24, 2.45) is 0 Å². The molecule has 2 aromatic rings. The van der Waals surface area contributed by atoms with Crippen molar-refractivity contribution >= 4 is 33.0 Å². The van der Waals surface area contributed by atoms with E-state index >= 15 is 0 Å². The van der Waals surface area contributed by atoms with E-state index in [0.29, 0.717) is 6.42 Å². The van der Waals surface area contributed by atoms with Crippen LogP contribution in [0, 0.1) is 20.8 Å². The molecule has 2 nitrogen and oxygen atoms in total. The molecule has 0 bridgehead atoms. The van der Waals surface area contributed by atoms with Crippen molar-refractivity contribution in [2.45, 2.75) is 27.2 Å². The number of thiophene rings is 1. The van der Waals surface area contributed by atoms with Crippen molar-refractivity contribution in [3.63, 3.8) is 0 Å². The molecule has 0 spiro atoms. The van der Waals surface area contributed by atoms with Crippen LogP contribution in [-0.4, -0.2) is 5.78 Å². The molecule has 0 N–H and O–H groups in total. The molecule has 0 saturated heterocycles. The molecule has 0 aliphatic carbocycles. The van der Waals surface area contributed by atoms with Crippen LogP contribution >= 0.6 is 27.3 Å². The highest BCUT2D eigenvalue weighted by molar-refractivity contribution is 9.10. The summed E-state index contributed by atoms with van der Waals surface area (Å²) in [7, 11) is 0. The van der Waals surface area contributed by atoms with E-state index in [1.54, 1.807) is 11.3 Å². The van der Waals surface area contributed by atoms with Gasteiger partial charge in [0.25, 0.3) is 0 Å². The van der Waals surface area contributed by atoms with Crippen LogP contribution < -0.4 is 0 Å². The number of carbonyl (C=O) groups is 1. The highest BCUT2D eigenvalue weighted by atomic mass is 79.9. The van der Waals surface area contributed by atoms with Crippen LogP contribution in [0.1, 0.15) is 32.3 Å². The smallest absolute Gasteiger partial charge is 0.171 e. The SMILES string of the molecule is Cc1oc(C)c(C(=O)Cc2cc(Br)cs2)c1C. The molecule has 17 heavy (non-hydrogen) atoms. The van der Waals surface area contributed by atoms with Gasteiger partial charge in [0.15, 0.2) is 5.78 Å². The summed E-state index contributed by atoms with van der Waals surface area (Å²) in [5.74, 6) is 1.69. The van der Waals surface area contributed by atoms with Gasteiger partial charge in [-0.25, -0.2) is 0 Å². The van der Waals surface area contributed by atoms with Crippen molar-refractivity contribution in [1.82, 2.24) is 0 Å². The molecule has 4 heteroatoms. The molecule has 0 amide bonds. The minimum absolute atomic E-state index is 0.131. The first kappa shape index (κ1) is 12.6. The Morgan fingerprint density at radius 2 is 2.06 bits per heavy atom. The number of hydrogen-bond donors (Lipinski definition) is 0. The number of rotatable bonds is 3. The maximum absolute atomic E-state index is 12.2. The van der Waals surface area contributed by atoms with Gasteiger partial charge in [0.05, 0.1) is 5.56 Å². The molecule has 0 aliphatic heterocycles. The Hall–Kier alpha value is -0.870. The van der Waals surface area contributed by atoms with E-state index in [1.165, 1.54) is 0 Å². The second kappa shape index (κ2) is 4.78. The van der Waals surface area contributed by atoms with Crippen LogP contribution in [0.25, 0.3) is 0 Å². The van der Waals surface area contributed by atoms with Gasteiger partial charge in [0.1, 0.15) is 11.5 Å². The van der Waals surface area contributed by atoms with E-state index < -0.39 is 0 Å². The highest BCUT2D eigenvalue weighted by Crippen LogP contribution is 2.25. The number of Topliss-reactive ketones (excluding diaryl/α,β-unsaturated/α-hetero) is 1. The summed E-state index contributed by atoms with van der Waals surface area (Å²) in [6, 6.07) is 1.99. The molecule has 0 aliphatic rings. The van der Waals surface area contributed by atoms with Gasteiger partial charge in [-0.3, -0.25) is 4.79 Å². The fourth-order valence-corrected chi connectivity index (χ4v) is 3.35. The van der Waals surface area contributed by atoms with Crippen LogP contribution in [0.2, 0.25) is 0 Å². The molecule has 0 fully saturated rings. The molecule has 0 aromatic carbocycles. The van der Waals surface area contributed by atoms with Crippen molar-refractivity contribution in [3.8, 4) is 0 Å². The van der Waals surface area contributed by atoms with Gasteiger partial charge in [-0.15, -0.1) is 11.3 Å². The van der Waals surface area contributed by atoms with Crippen LogP contribution in [0.3, 0.4) is 0 Å². The molecular formula is C13H13BrO2S. The number of halogens is 1. The van der Waals surface area contributed by atoms with Gasteiger partial charge in [-0.1, -0.05) is 0 Å². The lowest BCUT2D eigenvalue weighted by molar-refractivity contribution is 0.0992. The predicted octanol–water partition coefficient (Wildman–Crippen LogP) is 4.45. The summed E-state index contributed by atoms with van der Waals surface area (Å²) in [6.07, 6.45) is 0.441. The predicted molar refractivity (Wildman–Crippen MR) is 73.0 cm³/mol. The van der Waals surface area contributed by atoms with E-state index in [9.17, 15) is 4.79 Å². The lowest BCUT2D eigenvalue weighted by Gasteiger charge is -1.99. The zero-order chi connectivity index (χ0) is 12.6. The fourth-order valence-electron chi connectivity index (χ4n) is 1.90. The first-order chi connectivity index (χ1) is 7.99. The van der Waals surface area contributed by atoms with E-state index in [0.717, 1.165) is 32.0 Å². The Kier molecular flexibility index (Phi) is 3.54. The molecule has 2 rings (SSSR count). The first-order valence-electron chi connectivity index (χ1n) is 5.31. The number of carbonyl (C=O) groups excluding carboxylic acids is 1. The van der Waals surface area contributed by atoms with Crippen molar-refractivity contribution in [3.05, 3.63) is 43.4 Å². The fraction of sp³-hybridized carbons (Fsp3) is 0.308. The van der Waals surface area contributed by atoms with Crippen molar-refractivity contribution in [1.29, 1.82) is 0 Å². The first-order valence-corrected chi connectivity index (χ1v) is 6.99. The number of aryl methyl sites for hydroxylation is 2. The summed E-state index contributed by atoms with van der Waals surface area (Å²) in [5.41, 5.74) is 1.70. The normalized spacial score (nSPS) is 10.8. The maximum Gasteiger partial charge on any atom is 0.171 e. The van der Waals surface area contributed by atoms with Gasteiger partial charge >= 0.3 is 0 Å². The highest BCUT2D eigenvalue weighted by Gasteiger charge is 2.19. The van der Waals surface area contributed by atoms with Crippen LogP contribution in [-0.2, 0) is 6.42 Å². The van der Waals surface area contributed by atoms with Crippen molar-refractivity contribution < 1.29 is 9.21 Å². The van der Waals surface area contributed by atoms with Crippen molar-refractivity contribution in [2.75, 3.05) is 0 Å². The van der Waals surface area contributed by atoms with E-state index in [2.05, 4.69) is 15.9 Å². The molecule has 2 aromatic heterocycles. The number of ketones is 1. The van der Waals surface area contributed by atoms with Gasteiger partial charge < -0.3 is 4.42 Å². The minimum Gasteiger partial charge on any atom is -0.466 e. The Morgan fingerprint density at radius 1 is 1.35 bits per heavy atom. The molecule has 0 unspecified atom stereocenters. The third kappa shape index (κ3) is 2.53. The number of hydrogen-bond acceptors (Lipinski definition) is 3. The van der Waals surface area contributed by atoms with E-state index in [1.807, 2.05) is 32.2 Å². The van der Waals surface area contributed by atoms with Gasteiger partial charge in [0.2, 0.25) is 0 Å². The average molecular weight is 313 g/mol. The van der Waals surface area contributed by atoms with Gasteiger partial charge in [-0.05, 0) is 42.8 Å². The monoisotopic (exact) mass is 312 g/mol. The van der Waals surface area contributed by atoms with Gasteiger partial charge in [0, 0.05) is 26.7 Å². The molecular weight excluding hydrogens is 300 g/mol. The summed E-state index contributed by atoms with van der Waals surface area (Å²) in [6.45, 7) is 5.67. The zero-order valence-corrected chi connectivity index (χ0v) is 12.4. The second-order valence-electron chi connectivity index (χ2n) is 4.05. The topological polar surface area (TPSA) is 30.2 Å². The minimum atomic E-state index is 0.131. The summed E-state index contributed by atoms with van der Waals surface area (Å²) in [5, 5.41) is 1.99. The zero-order valence-electron chi connectivity index (χ0n) is 9.96. The van der Waals surface area contributed by atoms with Crippen LogP contribution in [0.5, 0.6) is 0 Å². The third-order valence-corrected chi connectivity index (χ3v) is 4.49. The molecule has 2 heterocycles. The summed E-state index contributed by atoms with van der Waals surface area (Å²) in [4.78, 5) is 13.3. The number of furan rings is 1. The Bertz CT molecular complexity index is 566. The Morgan fingerprint density at radius 3 is 2.53 bits per heavy atom. The second-order valence-corrected chi connectivity index (χ2v) is 5.96. The lowest BCUT2D eigenvalue weighted by atomic mass is 10.0. The quantitative estimate of drug-likeness (QED) is 0.783. The standard InChI is InChI=1S/C13H13BrO2S/c1-7-8(2)16-9(3)13(7)12(15)5-11-4-10(14)6-17-11/h4,6H,5H2,1-3H3. The largest absolute Gasteiger partial charge is 0.466 e. The Balaban J connectivity index is 2.26. The van der Waals surface area contributed by atoms with E-state index in [4.69, 9.17) is 4.42 Å². The maximum atomic E-state index is 12.2. The van der Waals surface area contributed by atoms with Crippen LogP contribution in [0.4, 0.5) is 0 Å².